The van der Waals surface area contributed by atoms with Crippen molar-refractivity contribution in [1.82, 2.24) is 0 Å². The molecular weight excluding hydrogens is 172 g/mol. The molecule has 78 valence electrons. The Labute approximate surface area is 78.8 Å². The molecule has 0 bridgehead atoms. The van der Waals surface area contributed by atoms with E-state index in [9.17, 15) is 5.11 Å². The van der Waals surface area contributed by atoms with Crippen LogP contribution in [0.5, 0.6) is 0 Å². The standard InChI is InChI=1S/C9H18O4/c1-6-8(10)9(2,12-4)5-7(11-3)13-6/h6-8,10H,5H2,1-4H3/t6-,7+,8+,9+/m0/s1. The normalized spacial score (nSPS) is 46.4. The number of aliphatic hydroxyl groups excluding tert-OH is 1. The average molecular weight is 190 g/mol. The van der Waals surface area contributed by atoms with Gasteiger partial charge in [-0.3, -0.25) is 0 Å². The minimum absolute atomic E-state index is 0.261. The topological polar surface area (TPSA) is 47.9 Å². The van der Waals surface area contributed by atoms with Crippen LogP contribution in [-0.4, -0.2) is 43.4 Å². The first-order valence-electron chi connectivity index (χ1n) is 4.45. The second-order valence-electron chi connectivity index (χ2n) is 3.67. The number of methoxy groups -OCH3 is 2. The molecule has 0 aromatic rings. The van der Waals surface area contributed by atoms with Gasteiger partial charge in [0.1, 0.15) is 6.10 Å². The molecule has 0 spiro atoms. The van der Waals surface area contributed by atoms with Crippen molar-refractivity contribution in [3.63, 3.8) is 0 Å². The molecule has 1 aliphatic rings. The fraction of sp³-hybridized carbons (Fsp3) is 1.00. The molecule has 1 saturated heterocycles. The fourth-order valence-corrected chi connectivity index (χ4v) is 1.65. The molecule has 4 nitrogen and oxygen atoms in total. The molecule has 1 heterocycles. The highest BCUT2D eigenvalue weighted by atomic mass is 16.7. The second kappa shape index (κ2) is 3.92. The predicted octanol–water partition coefficient (Wildman–Crippen LogP) is 0.534. The summed E-state index contributed by atoms with van der Waals surface area (Å²) in [6.45, 7) is 3.68. The lowest BCUT2D eigenvalue weighted by Gasteiger charge is -2.43. The van der Waals surface area contributed by atoms with Crippen LogP contribution in [0.1, 0.15) is 20.3 Å². The maximum Gasteiger partial charge on any atom is 0.160 e. The summed E-state index contributed by atoms with van der Waals surface area (Å²) in [4.78, 5) is 0. The number of aliphatic hydroxyl groups is 1. The number of ether oxygens (including phenoxy) is 3. The van der Waals surface area contributed by atoms with Gasteiger partial charge in [0, 0.05) is 20.6 Å². The highest BCUT2D eigenvalue weighted by molar-refractivity contribution is 4.92. The molecule has 0 radical (unpaired) electrons. The first kappa shape index (κ1) is 10.9. The van der Waals surface area contributed by atoms with Crippen LogP contribution in [0.4, 0.5) is 0 Å². The Bertz CT molecular complexity index is 173. The molecule has 1 fully saturated rings. The van der Waals surface area contributed by atoms with Crippen LogP contribution in [0.15, 0.2) is 0 Å². The maximum absolute atomic E-state index is 9.80. The van der Waals surface area contributed by atoms with E-state index in [1.807, 2.05) is 13.8 Å². The van der Waals surface area contributed by atoms with Gasteiger partial charge in [0.05, 0.1) is 11.7 Å². The molecule has 0 aromatic heterocycles. The van der Waals surface area contributed by atoms with E-state index in [1.165, 1.54) is 0 Å². The summed E-state index contributed by atoms with van der Waals surface area (Å²) in [5.74, 6) is 0. The Balaban J connectivity index is 2.71. The molecule has 1 rings (SSSR count). The summed E-state index contributed by atoms with van der Waals surface area (Å²) in [6, 6.07) is 0. The second-order valence-corrected chi connectivity index (χ2v) is 3.67. The monoisotopic (exact) mass is 190 g/mol. The van der Waals surface area contributed by atoms with Gasteiger partial charge >= 0.3 is 0 Å². The van der Waals surface area contributed by atoms with Gasteiger partial charge < -0.3 is 19.3 Å². The predicted molar refractivity (Wildman–Crippen MR) is 47.4 cm³/mol. The van der Waals surface area contributed by atoms with Gasteiger partial charge in [0.2, 0.25) is 0 Å². The van der Waals surface area contributed by atoms with E-state index >= 15 is 0 Å². The summed E-state index contributed by atoms with van der Waals surface area (Å²) in [5, 5.41) is 9.80. The highest BCUT2D eigenvalue weighted by Crippen LogP contribution is 2.31. The van der Waals surface area contributed by atoms with Gasteiger partial charge in [-0.1, -0.05) is 0 Å². The Kier molecular flexibility index (Phi) is 3.29. The molecule has 4 heteroatoms. The van der Waals surface area contributed by atoms with Gasteiger partial charge in [0.25, 0.3) is 0 Å². The quantitative estimate of drug-likeness (QED) is 0.690. The zero-order valence-corrected chi connectivity index (χ0v) is 8.61. The van der Waals surface area contributed by atoms with Gasteiger partial charge in [0.15, 0.2) is 6.29 Å². The zero-order chi connectivity index (χ0) is 10.1. The number of hydrogen-bond donors (Lipinski definition) is 1. The summed E-state index contributed by atoms with van der Waals surface area (Å²) in [7, 11) is 3.18. The van der Waals surface area contributed by atoms with Crippen molar-refractivity contribution in [2.45, 2.75) is 44.4 Å². The van der Waals surface area contributed by atoms with E-state index in [2.05, 4.69) is 0 Å². The molecule has 0 saturated carbocycles. The first-order valence-corrected chi connectivity index (χ1v) is 4.45. The minimum atomic E-state index is -0.608. The first-order chi connectivity index (χ1) is 6.03. The molecule has 1 aliphatic heterocycles. The van der Waals surface area contributed by atoms with Crippen LogP contribution < -0.4 is 0 Å². The van der Waals surface area contributed by atoms with E-state index < -0.39 is 11.7 Å². The van der Waals surface area contributed by atoms with E-state index in [4.69, 9.17) is 14.2 Å². The summed E-state index contributed by atoms with van der Waals surface area (Å²) < 4.78 is 15.8. The van der Waals surface area contributed by atoms with Crippen LogP contribution in [0.3, 0.4) is 0 Å². The smallest absolute Gasteiger partial charge is 0.160 e. The highest BCUT2D eigenvalue weighted by Gasteiger charge is 2.44. The third-order valence-corrected chi connectivity index (χ3v) is 2.74. The van der Waals surface area contributed by atoms with Crippen LogP contribution in [-0.2, 0) is 14.2 Å². The van der Waals surface area contributed by atoms with Crippen LogP contribution >= 0.6 is 0 Å². The van der Waals surface area contributed by atoms with E-state index in [-0.39, 0.29) is 12.4 Å². The number of rotatable bonds is 2. The molecule has 0 aliphatic carbocycles. The van der Waals surface area contributed by atoms with Crippen molar-refractivity contribution in [2.75, 3.05) is 14.2 Å². The molecule has 0 unspecified atom stereocenters. The Morgan fingerprint density at radius 1 is 1.46 bits per heavy atom. The molecule has 0 amide bonds. The molecule has 0 aromatic carbocycles. The third-order valence-electron chi connectivity index (χ3n) is 2.74. The zero-order valence-electron chi connectivity index (χ0n) is 8.61. The fourth-order valence-electron chi connectivity index (χ4n) is 1.65. The van der Waals surface area contributed by atoms with Crippen LogP contribution in [0, 0.1) is 0 Å². The van der Waals surface area contributed by atoms with E-state index in [1.54, 1.807) is 14.2 Å². The average Bonchev–Trinajstić information content (AvgIpc) is 2.13. The largest absolute Gasteiger partial charge is 0.387 e. The Morgan fingerprint density at radius 2 is 2.08 bits per heavy atom. The van der Waals surface area contributed by atoms with Crippen molar-refractivity contribution in [3.05, 3.63) is 0 Å². The summed E-state index contributed by atoms with van der Waals surface area (Å²) in [5.41, 5.74) is -0.571. The lowest BCUT2D eigenvalue weighted by atomic mass is 9.88. The molecule has 13 heavy (non-hydrogen) atoms. The molecular formula is C9H18O4. The van der Waals surface area contributed by atoms with Gasteiger partial charge in [-0.25, -0.2) is 0 Å². The summed E-state index contributed by atoms with van der Waals surface area (Å²) >= 11 is 0. The minimum Gasteiger partial charge on any atom is -0.387 e. The van der Waals surface area contributed by atoms with Gasteiger partial charge in [-0.2, -0.15) is 0 Å². The summed E-state index contributed by atoms with van der Waals surface area (Å²) in [6.07, 6.45) is -0.609. The lowest BCUT2D eigenvalue weighted by molar-refractivity contribution is -0.271. The maximum atomic E-state index is 9.80. The number of hydrogen-bond acceptors (Lipinski definition) is 4. The van der Waals surface area contributed by atoms with E-state index in [0.717, 1.165) is 0 Å². The van der Waals surface area contributed by atoms with Crippen molar-refractivity contribution in [3.8, 4) is 0 Å². The van der Waals surface area contributed by atoms with Crippen LogP contribution in [0.25, 0.3) is 0 Å². The SMILES string of the molecule is CO[C@H]1C[C@@](C)(OC)[C@H](O)[C@H](C)O1. The van der Waals surface area contributed by atoms with Crippen molar-refractivity contribution >= 4 is 0 Å². The van der Waals surface area contributed by atoms with E-state index in [0.29, 0.717) is 6.42 Å². The molecule has 4 atom stereocenters. The molecule has 1 N–H and O–H groups in total. The van der Waals surface area contributed by atoms with Crippen molar-refractivity contribution in [1.29, 1.82) is 0 Å². The van der Waals surface area contributed by atoms with Crippen molar-refractivity contribution < 1.29 is 19.3 Å². The Morgan fingerprint density at radius 3 is 2.54 bits per heavy atom. The van der Waals surface area contributed by atoms with Crippen LogP contribution in [0.2, 0.25) is 0 Å². The Hall–Kier alpha value is -0.160. The third kappa shape index (κ3) is 2.02. The van der Waals surface area contributed by atoms with Gasteiger partial charge in [-0.05, 0) is 13.8 Å². The lowest BCUT2D eigenvalue weighted by Crippen LogP contribution is -2.56. The van der Waals surface area contributed by atoms with Gasteiger partial charge in [-0.15, -0.1) is 0 Å². The van der Waals surface area contributed by atoms with Crippen molar-refractivity contribution in [2.24, 2.45) is 0 Å².